The normalized spacial score (nSPS) is 12.7. The molecule has 1 amide bonds. The molecule has 20 heavy (non-hydrogen) atoms. The van der Waals surface area contributed by atoms with E-state index >= 15 is 0 Å². The second kappa shape index (κ2) is 8.27. The molecule has 1 atom stereocenters. The van der Waals surface area contributed by atoms with E-state index in [4.69, 9.17) is 27.9 Å². The van der Waals surface area contributed by atoms with E-state index in [1.54, 1.807) is 31.3 Å². The molecule has 6 heteroatoms. The van der Waals surface area contributed by atoms with Crippen LogP contribution >= 0.6 is 23.2 Å². The van der Waals surface area contributed by atoms with Crippen LogP contribution in [0.3, 0.4) is 0 Å². The van der Waals surface area contributed by atoms with Gasteiger partial charge in [-0.15, -0.1) is 0 Å². The first-order valence-electron chi connectivity index (χ1n) is 5.98. The molecule has 1 rings (SSSR count). The molecule has 0 heterocycles. The fraction of sp³-hybridized carbons (Fsp3) is 0.357. The predicted molar refractivity (Wildman–Crippen MR) is 81.0 cm³/mol. The molecule has 0 fully saturated rings. The number of hydrogen-bond donors (Lipinski definition) is 1. The topological polar surface area (TPSA) is 49.8 Å². The van der Waals surface area contributed by atoms with Crippen LogP contribution in [-0.2, 0) is 9.53 Å². The van der Waals surface area contributed by atoms with Gasteiger partial charge in [-0.3, -0.25) is 4.79 Å². The maximum atomic E-state index is 11.8. The molecule has 1 aromatic carbocycles. The summed E-state index contributed by atoms with van der Waals surface area (Å²) in [6.07, 6.45) is 2.32. The number of methoxy groups -OCH3 is 1. The van der Waals surface area contributed by atoms with Crippen LogP contribution in [0.5, 0.6) is 0 Å². The minimum absolute atomic E-state index is 0.186. The Morgan fingerprint density at radius 1 is 1.40 bits per heavy atom. The van der Waals surface area contributed by atoms with Gasteiger partial charge >= 0.3 is 0 Å². The van der Waals surface area contributed by atoms with Crippen LogP contribution in [-0.4, -0.2) is 49.3 Å². The zero-order chi connectivity index (χ0) is 15.1. The van der Waals surface area contributed by atoms with Gasteiger partial charge in [-0.05, 0) is 29.8 Å². The number of carbonyl (C=O) groups excluding carboxylic acids is 1. The second-order valence-electron chi connectivity index (χ2n) is 4.36. The van der Waals surface area contributed by atoms with Crippen LogP contribution in [0.4, 0.5) is 0 Å². The molecule has 0 saturated carbocycles. The Hall–Kier alpha value is -1.07. The van der Waals surface area contributed by atoms with Gasteiger partial charge in [0, 0.05) is 36.8 Å². The molecule has 0 spiro atoms. The Kier molecular flexibility index (Phi) is 7.02. The zero-order valence-electron chi connectivity index (χ0n) is 11.3. The molecule has 0 aliphatic carbocycles. The summed E-state index contributed by atoms with van der Waals surface area (Å²) in [4.78, 5) is 13.3. The molecule has 0 aromatic heterocycles. The lowest BCUT2D eigenvalue weighted by Crippen LogP contribution is -2.35. The van der Waals surface area contributed by atoms with E-state index in [1.165, 1.54) is 18.1 Å². The average molecular weight is 318 g/mol. The van der Waals surface area contributed by atoms with Gasteiger partial charge in [0.05, 0.1) is 12.7 Å². The number of nitrogens with zero attached hydrogens (tertiary/aromatic N) is 1. The first-order chi connectivity index (χ1) is 9.42. The number of aliphatic hydroxyl groups excluding tert-OH is 1. The van der Waals surface area contributed by atoms with Crippen molar-refractivity contribution in [3.8, 4) is 0 Å². The van der Waals surface area contributed by atoms with Crippen LogP contribution in [0.25, 0.3) is 6.08 Å². The van der Waals surface area contributed by atoms with Crippen molar-refractivity contribution in [1.82, 2.24) is 4.90 Å². The molecular weight excluding hydrogens is 301 g/mol. The average Bonchev–Trinajstić information content (AvgIpc) is 2.34. The number of amides is 1. The van der Waals surface area contributed by atoms with Crippen molar-refractivity contribution < 1.29 is 14.6 Å². The second-order valence-corrected chi connectivity index (χ2v) is 5.24. The summed E-state index contributed by atoms with van der Waals surface area (Å²) >= 11 is 11.7. The Balaban J connectivity index is 2.62. The van der Waals surface area contributed by atoms with Gasteiger partial charge in [0.2, 0.25) is 5.91 Å². The monoisotopic (exact) mass is 317 g/mol. The summed E-state index contributed by atoms with van der Waals surface area (Å²) in [5, 5.41) is 10.6. The van der Waals surface area contributed by atoms with Gasteiger partial charge < -0.3 is 14.7 Å². The summed E-state index contributed by atoms with van der Waals surface area (Å²) in [6, 6.07) is 5.03. The number of halogens is 2. The van der Waals surface area contributed by atoms with E-state index in [2.05, 4.69) is 0 Å². The minimum atomic E-state index is -0.706. The number of hydrogen-bond acceptors (Lipinski definition) is 3. The molecule has 0 radical (unpaired) electrons. The van der Waals surface area contributed by atoms with Crippen molar-refractivity contribution in [2.45, 2.75) is 6.10 Å². The van der Waals surface area contributed by atoms with Crippen molar-refractivity contribution >= 4 is 35.2 Å². The molecule has 110 valence electrons. The van der Waals surface area contributed by atoms with E-state index in [1.807, 2.05) is 0 Å². The van der Waals surface area contributed by atoms with Crippen LogP contribution in [0, 0.1) is 0 Å². The minimum Gasteiger partial charge on any atom is -0.389 e. The molecule has 1 unspecified atom stereocenters. The lowest BCUT2D eigenvalue weighted by molar-refractivity contribution is -0.126. The summed E-state index contributed by atoms with van der Waals surface area (Å²) in [5.74, 6) is -0.226. The third-order valence-corrected chi connectivity index (χ3v) is 2.96. The van der Waals surface area contributed by atoms with E-state index in [0.29, 0.717) is 10.0 Å². The Bertz CT molecular complexity index is 471. The summed E-state index contributed by atoms with van der Waals surface area (Å²) < 4.78 is 4.80. The van der Waals surface area contributed by atoms with Crippen molar-refractivity contribution in [2.75, 3.05) is 27.3 Å². The van der Waals surface area contributed by atoms with Crippen molar-refractivity contribution in [1.29, 1.82) is 0 Å². The van der Waals surface area contributed by atoms with Crippen LogP contribution in [0.2, 0.25) is 10.0 Å². The Morgan fingerprint density at radius 3 is 2.55 bits per heavy atom. The smallest absolute Gasteiger partial charge is 0.246 e. The maximum absolute atomic E-state index is 11.8. The van der Waals surface area contributed by atoms with E-state index in [9.17, 15) is 9.90 Å². The maximum Gasteiger partial charge on any atom is 0.246 e. The highest BCUT2D eigenvalue weighted by molar-refractivity contribution is 6.34. The van der Waals surface area contributed by atoms with Gasteiger partial charge in [-0.2, -0.15) is 0 Å². The number of ether oxygens (including phenoxy) is 1. The fourth-order valence-corrected chi connectivity index (χ4v) is 2.16. The predicted octanol–water partition coefficient (Wildman–Crippen LogP) is 2.47. The van der Waals surface area contributed by atoms with Crippen LogP contribution < -0.4 is 0 Å². The van der Waals surface area contributed by atoms with Gasteiger partial charge in [0.1, 0.15) is 0 Å². The van der Waals surface area contributed by atoms with Crippen LogP contribution in [0.1, 0.15) is 5.56 Å². The lowest BCUT2D eigenvalue weighted by atomic mass is 10.2. The Labute approximate surface area is 128 Å². The van der Waals surface area contributed by atoms with E-state index < -0.39 is 6.10 Å². The molecule has 0 aliphatic rings. The van der Waals surface area contributed by atoms with E-state index in [-0.39, 0.29) is 19.1 Å². The van der Waals surface area contributed by atoms with Gasteiger partial charge in [0.25, 0.3) is 0 Å². The van der Waals surface area contributed by atoms with Gasteiger partial charge in [0.15, 0.2) is 0 Å². The molecular formula is C14H17Cl2NO3. The third-order valence-electron chi connectivity index (χ3n) is 2.52. The highest BCUT2D eigenvalue weighted by Gasteiger charge is 2.11. The van der Waals surface area contributed by atoms with Crippen LogP contribution in [0.15, 0.2) is 24.3 Å². The van der Waals surface area contributed by atoms with Crippen molar-refractivity contribution in [3.63, 3.8) is 0 Å². The number of rotatable bonds is 6. The first-order valence-corrected chi connectivity index (χ1v) is 6.74. The summed E-state index contributed by atoms with van der Waals surface area (Å²) in [6.45, 7) is 0.387. The van der Waals surface area contributed by atoms with Gasteiger partial charge in [-0.1, -0.05) is 23.2 Å². The molecule has 1 N–H and O–H groups in total. The number of likely N-dealkylation sites (N-methyl/N-ethyl adjacent to an activating group) is 1. The Morgan fingerprint density at radius 2 is 2.00 bits per heavy atom. The zero-order valence-corrected chi connectivity index (χ0v) is 12.9. The van der Waals surface area contributed by atoms with E-state index in [0.717, 1.165) is 5.56 Å². The highest BCUT2D eigenvalue weighted by atomic mass is 35.5. The summed E-state index contributed by atoms with van der Waals surface area (Å²) in [5.41, 5.74) is 0.738. The molecule has 4 nitrogen and oxygen atoms in total. The number of benzene rings is 1. The number of aliphatic hydroxyl groups is 1. The number of carbonyl (C=O) groups is 1. The molecule has 1 aromatic rings. The molecule has 0 bridgehead atoms. The highest BCUT2D eigenvalue weighted by Crippen LogP contribution is 2.19. The quantitative estimate of drug-likeness (QED) is 0.820. The fourth-order valence-electron chi connectivity index (χ4n) is 1.62. The van der Waals surface area contributed by atoms with Gasteiger partial charge in [-0.25, -0.2) is 0 Å². The molecule has 0 aliphatic heterocycles. The first kappa shape index (κ1) is 17.0. The molecule has 0 saturated heterocycles. The standard InChI is InChI=1S/C14H17Cl2NO3/c1-17(8-13(18)9-20-2)14(19)4-3-10-5-11(15)7-12(16)6-10/h3-7,13,18H,8-9H2,1-2H3. The summed E-state index contributed by atoms with van der Waals surface area (Å²) in [7, 11) is 3.10. The van der Waals surface area contributed by atoms with Crippen molar-refractivity contribution in [2.24, 2.45) is 0 Å². The lowest BCUT2D eigenvalue weighted by Gasteiger charge is -2.18. The largest absolute Gasteiger partial charge is 0.389 e. The SMILES string of the molecule is COCC(O)CN(C)C(=O)C=Cc1cc(Cl)cc(Cl)c1. The van der Waals surface area contributed by atoms with Crippen molar-refractivity contribution in [3.05, 3.63) is 39.9 Å². The third kappa shape index (κ3) is 5.92.